The molecule has 0 saturated carbocycles. The normalized spacial score (nSPS) is 13.7. The molecule has 4 N–H and O–H groups in total. The molecule has 2 rings (SSSR count). The molecule has 0 radical (unpaired) electrons. The van der Waals surface area contributed by atoms with E-state index in [2.05, 4.69) is 24.5 Å². The van der Waals surface area contributed by atoms with E-state index in [1.807, 2.05) is 43.3 Å². The molecule has 0 aliphatic heterocycles. The van der Waals surface area contributed by atoms with Crippen LogP contribution in [0.25, 0.3) is 0 Å². The number of carbonyl (C=O) groups excluding carboxylic acids is 1. The molecule has 1 aromatic carbocycles. The van der Waals surface area contributed by atoms with Gasteiger partial charge in [0.05, 0.1) is 6.04 Å². The Morgan fingerprint density at radius 1 is 1.10 bits per heavy atom. The van der Waals surface area contributed by atoms with Crippen molar-refractivity contribution < 1.29 is 9.21 Å². The fraction of sp³-hybridized carbons (Fsp3) is 0.312. The van der Waals surface area contributed by atoms with Crippen LogP contribution in [0, 0.1) is 6.92 Å². The summed E-state index contributed by atoms with van der Waals surface area (Å²) in [5, 5.41) is 6.02. The van der Waals surface area contributed by atoms with Gasteiger partial charge in [0, 0.05) is 11.7 Å². The molecule has 5 heteroatoms. The summed E-state index contributed by atoms with van der Waals surface area (Å²) in [6.07, 6.45) is 0. The lowest BCUT2D eigenvalue weighted by Crippen LogP contribution is -2.22. The molecule has 2 atom stereocenters. The summed E-state index contributed by atoms with van der Waals surface area (Å²) < 4.78 is 5.62. The van der Waals surface area contributed by atoms with Crippen LogP contribution in [-0.4, -0.2) is 6.03 Å². The molecule has 21 heavy (non-hydrogen) atoms. The van der Waals surface area contributed by atoms with Crippen molar-refractivity contribution in [1.82, 2.24) is 5.32 Å². The zero-order valence-corrected chi connectivity index (χ0v) is 12.5. The summed E-state index contributed by atoms with van der Waals surface area (Å²) in [6.45, 7) is 6.09. The van der Waals surface area contributed by atoms with Crippen molar-refractivity contribution in [3.05, 3.63) is 53.5 Å². The first-order chi connectivity index (χ1) is 9.95. The number of anilines is 1. The Hall–Kier alpha value is -2.27. The van der Waals surface area contributed by atoms with E-state index in [0.29, 0.717) is 5.69 Å². The van der Waals surface area contributed by atoms with Gasteiger partial charge < -0.3 is 20.8 Å². The SMILES string of the molecule is Cc1ccc(C(C)NC(C)c2ccc(NC(N)=O)cc2)o1. The summed E-state index contributed by atoms with van der Waals surface area (Å²) in [6, 6.07) is 11.3. The van der Waals surface area contributed by atoms with Gasteiger partial charge in [0.25, 0.3) is 0 Å². The summed E-state index contributed by atoms with van der Waals surface area (Å²) in [4.78, 5) is 10.8. The highest BCUT2D eigenvalue weighted by molar-refractivity contribution is 5.87. The van der Waals surface area contributed by atoms with Crippen LogP contribution in [0.3, 0.4) is 0 Å². The van der Waals surface area contributed by atoms with E-state index in [1.165, 1.54) is 0 Å². The van der Waals surface area contributed by atoms with Crippen LogP contribution < -0.4 is 16.4 Å². The average molecular weight is 287 g/mol. The standard InChI is InChI=1S/C16H21N3O2/c1-10-4-9-15(21-10)12(3)18-11(2)13-5-7-14(8-6-13)19-16(17)20/h4-9,11-12,18H,1-3H3,(H3,17,19,20). The van der Waals surface area contributed by atoms with Crippen molar-refractivity contribution in [3.63, 3.8) is 0 Å². The zero-order chi connectivity index (χ0) is 15.4. The molecular formula is C16H21N3O2. The van der Waals surface area contributed by atoms with Gasteiger partial charge in [0.15, 0.2) is 0 Å². The van der Waals surface area contributed by atoms with Crippen molar-refractivity contribution in [2.75, 3.05) is 5.32 Å². The number of rotatable bonds is 5. The third kappa shape index (κ3) is 4.10. The number of primary amides is 1. The first-order valence-electron chi connectivity index (χ1n) is 6.94. The van der Waals surface area contributed by atoms with E-state index in [0.717, 1.165) is 17.1 Å². The molecule has 0 aliphatic carbocycles. The number of nitrogens with one attached hydrogen (secondary N) is 2. The second-order valence-electron chi connectivity index (χ2n) is 5.17. The van der Waals surface area contributed by atoms with Gasteiger partial charge in [0.1, 0.15) is 11.5 Å². The van der Waals surface area contributed by atoms with Crippen molar-refractivity contribution in [2.24, 2.45) is 5.73 Å². The summed E-state index contributed by atoms with van der Waals surface area (Å²) in [5.74, 6) is 1.83. The van der Waals surface area contributed by atoms with Gasteiger partial charge in [-0.1, -0.05) is 12.1 Å². The van der Waals surface area contributed by atoms with Gasteiger partial charge in [0.2, 0.25) is 0 Å². The number of furan rings is 1. The van der Waals surface area contributed by atoms with Crippen molar-refractivity contribution in [2.45, 2.75) is 32.9 Å². The van der Waals surface area contributed by atoms with Crippen LogP contribution in [0.5, 0.6) is 0 Å². The molecule has 1 heterocycles. The summed E-state index contributed by atoms with van der Waals surface area (Å²) in [7, 11) is 0. The quantitative estimate of drug-likeness (QED) is 0.787. The first kappa shape index (κ1) is 15.1. The lowest BCUT2D eigenvalue weighted by molar-refractivity contribution is 0.259. The number of nitrogens with two attached hydrogens (primary N) is 1. The topological polar surface area (TPSA) is 80.3 Å². The van der Waals surface area contributed by atoms with Crippen LogP contribution in [0.4, 0.5) is 10.5 Å². The molecule has 5 nitrogen and oxygen atoms in total. The fourth-order valence-corrected chi connectivity index (χ4v) is 2.24. The van der Waals surface area contributed by atoms with Crippen molar-refractivity contribution >= 4 is 11.7 Å². The smallest absolute Gasteiger partial charge is 0.316 e. The Kier molecular flexibility index (Phi) is 4.65. The van der Waals surface area contributed by atoms with Gasteiger partial charge in [-0.2, -0.15) is 0 Å². The molecule has 0 bridgehead atoms. The molecule has 2 unspecified atom stereocenters. The van der Waals surface area contributed by atoms with E-state index < -0.39 is 6.03 Å². The number of hydrogen-bond acceptors (Lipinski definition) is 3. The number of aryl methyl sites for hydroxylation is 1. The maximum atomic E-state index is 10.8. The molecule has 0 spiro atoms. The van der Waals surface area contributed by atoms with E-state index >= 15 is 0 Å². The molecule has 0 aliphatic rings. The van der Waals surface area contributed by atoms with Crippen molar-refractivity contribution in [3.8, 4) is 0 Å². The van der Waals surface area contributed by atoms with Gasteiger partial charge >= 0.3 is 6.03 Å². The van der Waals surface area contributed by atoms with Crippen LogP contribution >= 0.6 is 0 Å². The van der Waals surface area contributed by atoms with Crippen LogP contribution in [0.2, 0.25) is 0 Å². The molecular weight excluding hydrogens is 266 g/mol. The maximum Gasteiger partial charge on any atom is 0.316 e. The minimum atomic E-state index is -0.560. The predicted molar refractivity (Wildman–Crippen MR) is 83.1 cm³/mol. The minimum absolute atomic E-state index is 0.122. The van der Waals surface area contributed by atoms with E-state index in [4.69, 9.17) is 10.2 Å². The molecule has 2 amide bonds. The lowest BCUT2D eigenvalue weighted by atomic mass is 10.1. The Morgan fingerprint density at radius 3 is 2.29 bits per heavy atom. The van der Waals surface area contributed by atoms with Gasteiger partial charge in [-0.3, -0.25) is 0 Å². The maximum absolute atomic E-state index is 10.8. The third-order valence-corrected chi connectivity index (χ3v) is 3.37. The molecule has 112 valence electrons. The highest BCUT2D eigenvalue weighted by Gasteiger charge is 2.13. The Labute approximate surface area is 124 Å². The highest BCUT2D eigenvalue weighted by atomic mass is 16.3. The first-order valence-corrected chi connectivity index (χ1v) is 6.94. The average Bonchev–Trinajstić information content (AvgIpc) is 2.85. The second kappa shape index (κ2) is 6.45. The zero-order valence-electron chi connectivity index (χ0n) is 12.5. The number of hydrogen-bond donors (Lipinski definition) is 3. The predicted octanol–water partition coefficient (Wildman–Crippen LogP) is 3.49. The van der Waals surface area contributed by atoms with E-state index in [-0.39, 0.29) is 12.1 Å². The van der Waals surface area contributed by atoms with Gasteiger partial charge in [-0.15, -0.1) is 0 Å². The largest absolute Gasteiger partial charge is 0.465 e. The van der Waals surface area contributed by atoms with Gasteiger partial charge in [-0.05, 0) is 50.6 Å². The molecule has 2 aromatic rings. The molecule has 0 saturated heterocycles. The third-order valence-electron chi connectivity index (χ3n) is 3.37. The van der Waals surface area contributed by atoms with Crippen LogP contribution in [0.15, 0.2) is 40.8 Å². The Bertz CT molecular complexity index is 604. The van der Waals surface area contributed by atoms with Crippen molar-refractivity contribution in [1.29, 1.82) is 0 Å². The van der Waals surface area contributed by atoms with E-state index in [1.54, 1.807) is 0 Å². The number of carbonyl (C=O) groups is 1. The summed E-state index contributed by atoms with van der Waals surface area (Å²) >= 11 is 0. The summed E-state index contributed by atoms with van der Waals surface area (Å²) in [5.41, 5.74) is 6.90. The number of benzene rings is 1. The monoisotopic (exact) mass is 287 g/mol. The lowest BCUT2D eigenvalue weighted by Gasteiger charge is -2.19. The molecule has 0 fully saturated rings. The van der Waals surface area contributed by atoms with Gasteiger partial charge in [-0.25, -0.2) is 4.79 Å². The fourth-order valence-electron chi connectivity index (χ4n) is 2.24. The van der Waals surface area contributed by atoms with Crippen LogP contribution in [0.1, 0.15) is 43.0 Å². The Balaban J connectivity index is 1.99. The number of urea groups is 1. The minimum Gasteiger partial charge on any atom is -0.465 e. The van der Waals surface area contributed by atoms with Crippen LogP contribution in [-0.2, 0) is 0 Å². The number of amides is 2. The molecule has 1 aromatic heterocycles. The van der Waals surface area contributed by atoms with E-state index in [9.17, 15) is 4.79 Å². The second-order valence-corrected chi connectivity index (χ2v) is 5.17. The highest BCUT2D eigenvalue weighted by Crippen LogP contribution is 2.22. The Morgan fingerprint density at radius 2 is 1.76 bits per heavy atom.